The van der Waals surface area contributed by atoms with Crippen molar-refractivity contribution in [3.8, 4) is 17.5 Å². The molecule has 0 spiro atoms. The lowest BCUT2D eigenvalue weighted by Crippen LogP contribution is -2.25. The standard InChI is InChI=1S/C21H19N3O2S/c1-4-15-5-11-18(12-6-15)27-20-14(2)19(13-22)21(25)24(23-20)16-7-9-17(26-3)10-8-16/h5-12H,4H2,1-3H3. The summed E-state index contributed by atoms with van der Waals surface area (Å²) in [7, 11) is 1.58. The first-order chi connectivity index (χ1) is 13.1. The van der Waals surface area contributed by atoms with Crippen molar-refractivity contribution in [1.82, 2.24) is 9.78 Å². The van der Waals surface area contributed by atoms with Gasteiger partial charge in [-0.25, -0.2) is 0 Å². The van der Waals surface area contributed by atoms with Crippen LogP contribution in [-0.4, -0.2) is 16.9 Å². The predicted octanol–water partition coefficient (Wildman–Crippen LogP) is 4.13. The van der Waals surface area contributed by atoms with Gasteiger partial charge >= 0.3 is 0 Å². The Bertz CT molecular complexity index is 1050. The van der Waals surface area contributed by atoms with E-state index in [0.717, 1.165) is 11.3 Å². The molecule has 1 heterocycles. The van der Waals surface area contributed by atoms with Gasteiger partial charge in [-0.2, -0.15) is 15.0 Å². The molecule has 0 aliphatic rings. The largest absolute Gasteiger partial charge is 0.497 e. The minimum atomic E-state index is -0.425. The fraction of sp³-hybridized carbons (Fsp3) is 0.190. The predicted molar refractivity (Wildman–Crippen MR) is 106 cm³/mol. The smallest absolute Gasteiger partial charge is 0.289 e. The zero-order chi connectivity index (χ0) is 19.4. The molecule has 0 aliphatic heterocycles. The van der Waals surface area contributed by atoms with E-state index >= 15 is 0 Å². The van der Waals surface area contributed by atoms with E-state index in [4.69, 9.17) is 4.74 Å². The maximum Gasteiger partial charge on any atom is 0.289 e. The maximum absolute atomic E-state index is 12.7. The number of hydrogen-bond donors (Lipinski definition) is 0. The summed E-state index contributed by atoms with van der Waals surface area (Å²) >= 11 is 1.44. The number of ether oxygens (including phenoxy) is 1. The molecular weight excluding hydrogens is 358 g/mol. The summed E-state index contributed by atoms with van der Waals surface area (Å²) in [5, 5.41) is 14.6. The Hall–Kier alpha value is -3.04. The normalized spacial score (nSPS) is 10.4. The summed E-state index contributed by atoms with van der Waals surface area (Å²) in [5.74, 6) is 0.685. The monoisotopic (exact) mass is 377 g/mol. The summed E-state index contributed by atoms with van der Waals surface area (Å²) in [6.07, 6.45) is 0.975. The van der Waals surface area contributed by atoms with E-state index in [1.165, 1.54) is 22.0 Å². The molecule has 0 unspecified atom stereocenters. The van der Waals surface area contributed by atoms with E-state index in [2.05, 4.69) is 24.2 Å². The third kappa shape index (κ3) is 3.88. The fourth-order valence-corrected chi connectivity index (χ4v) is 3.49. The molecule has 0 N–H and O–H groups in total. The number of nitriles is 1. The first kappa shape index (κ1) is 18.7. The molecule has 0 saturated heterocycles. The van der Waals surface area contributed by atoms with Crippen molar-refractivity contribution in [3.63, 3.8) is 0 Å². The van der Waals surface area contributed by atoms with Gasteiger partial charge in [0.25, 0.3) is 5.56 Å². The van der Waals surface area contributed by atoms with Crippen LogP contribution in [0.5, 0.6) is 5.75 Å². The first-order valence-corrected chi connectivity index (χ1v) is 9.34. The van der Waals surface area contributed by atoms with Gasteiger partial charge in [-0.05, 0) is 55.3 Å². The van der Waals surface area contributed by atoms with Crippen LogP contribution in [0.3, 0.4) is 0 Å². The molecule has 0 aliphatic carbocycles. The van der Waals surface area contributed by atoms with Gasteiger partial charge in [0, 0.05) is 10.5 Å². The zero-order valence-corrected chi connectivity index (χ0v) is 16.2. The zero-order valence-electron chi connectivity index (χ0n) is 15.4. The number of rotatable bonds is 5. The van der Waals surface area contributed by atoms with Crippen LogP contribution in [0.4, 0.5) is 0 Å². The SMILES string of the molecule is CCc1ccc(Sc2nn(-c3ccc(OC)cc3)c(=O)c(C#N)c2C)cc1. The topological polar surface area (TPSA) is 67.9 Å². The van der Waals surface area contributed by atoms with Crippen LogP contribution in [0.2, 0.25) is 0 Å². The summed E-state index contributed by atoms with van der Waals surface area (Å²) < 4.78 is 6.43. The molecule has 0 radical (unpaired) electrons. The molecular formula is C21H19N3O2S. The molecule has 3 rings (SSSR count). The Labute approximate surface area is 162 Å². The first-order valence-electron chi connectivity index (χ1n) is 8.52. The van der Waals surface area contributed by atoms with Crippen LogP contribution in [0, 0.1) is 18.3 Å². The number of nitrogens with zero attached hydrogens (tertiary/aromatic N) is 3. The second-order valence-electron chi connectivity index (χ2n) is 5.93. The molecule has 136 valence electrons. The second kappa shape index (κ2) is 8.11. The van der Waals surface area contributed by atoms with E-state index in [1.54, 1.807) is 38.3 Å². The molecule has 0 saturated carbocycles. The van der Waals surface area contributed by atoms with Crippen molar-refractivity contribution in [2.75, 3.05) is 7.11 Å². The van der Waals surface area contributed by atoms with Gasteiger partial charge in [0.1, 0.15) is 22.4 Å². The van der Waals surface area contributed by atoms with Gasteiger partial charge < -0.3 is 4.74 Å². The molecule has 0 fully saturated rings. The molecule has 6 heteroatoms. The number of aryl methyl sites for hydroxylation is 1. The summed E-state index contributed by atoms with van der Waals surface area (Å²) in [6, 6.07) is 17.2. The van der Waals surface area contributed by atoms with Crippen LogP contribution in [0.15, 0.2) is 63.2 Å². The lowest BCUT2D eigenvalue weighted by atomic mass is 10.2. The van der Waals surface area contributed by atoms with Gasteiger partial charge in [0.2, 0.25) is 0 Å². The molecule has 5 nitrogen and oxygen atoms in total. The highest BCUT2D eigenvalue weighted by molar-refractivity contribution is 7.99. The molecule has 3 aromatic rings. The van der Waals surface area contributed by atoms with Gasteiger partial charge in [-0.3, -0.25) is 4.79 Å². The Kier molecular flexibility index (Phi) is 5.63. The minimum absolute atomic E-state index is 0.105. The average molecular weight is 377 g/mol. The number of benzene rings is 2. The fourth-order valence-electron chi connectivity index (χ4n) is 2.62. The third-order valence-corrected chi connectivity index (χ3v) is 5.36. The molecule has 27 heavy (non-hydrogen) atoms. The second-order valence-corrected chi connectivity index (χ2v) is 6.99. The summed E-state index contributed by atoms with van der Waals surface area (Å²) in [5.41, 5.74) is 2.11. The van der Waals surface area contributed by atoms with E-state index in [0.29, 0.717) is 22.0 Å². The van der Waals surface area contributed by atoms with Crippen molar-refractivity contribution < 1.29 is 4.74 Å². The molecule has 0 amide bonds. The van der Waals surface area contributed by atoms with Crippen LogP contribution in [-0.2, 0) is 6.42 Å². The third-order valence-electron chi connectivity index (χ3n) is 4.27. The number of methoxy groups -OCH3 is 1. The molecule has 0 bridgehead atoms. The van der Waals surface area contributed by atoms with Crippen molar-refractivity contribution in [2.45, 2.75) is 30.2 Å². The van der Waals surface area contributed by atoms with Crippen molar-refractivity contribution in [2.24, 2.45) is 0 Å². The summed E-state index contributed by atoms with van der Waals surface area (Å²) in [4.78, 5) is 13.7. The Balaban J connectivity index is 2.07. The highest BCUT2D eigenvalue weighted by Gasteiger charge is 2.16. The quantitative estimate of drug-likeness (QED) is 0.669. The lowest BCUT2D eigenvalue weighted by molar-refractivity contribution is 0.414. The van der Waals surface area contributed by atoms with Gasteiger partial charge in [0.15, 0.2) is 0 Å². The van der Waals surface area contributed by atoms with Crippen molar-refractivity contribution >= 4 is 11.8 Å². The number of aromatic nitrogens is 2. The average Bonchev–Trinajstić information content (AvgIpc) is 2.71. The van der Waals surface area contributed by atoms with Gasteiger partial charge in [-0.15, -0.1) is 0 Å². The van der Waals surface area contributed by atoms with Gasteiger partial charge in [0.05, 0.1) is 12.8 Å². The van der Waals surface area contributed by atoms with E-state index in [1.807, 2.05) is 18.2 Å². The van der Waals surface area contributed by atoms with Crippen molar-refractivity contribution in [1.29, 1.82) is 5.26 Å². The van der Waals surface area contributed by atoms with E-state index in [9.17, 15) is 10.1 Å². The Morgan fingerprint density at radius 3 is 2.37 bits per heavy atom. The van der Waals surface area contributed by atoms with Crippen molar-refractivity contribution in [3.05, 3.63) is 75.6 Å². The summed E-state index contributed by atoms with van der Waals surface area (Å²) in [6.45, 7) is 3.87. The van der Waals surface area contributed by atoms with Crippen LogP contribution < -0.4 is 10.3 Å². The van der Waals surface area contributed by atoms with Gasteiger partial charge in [-0.1, -0.05) is 30.8 Å². The highest BCUT2D eigenvalue weighted by atomic mass is 32.2. The highest BCUT2D eigenvalue weighted by Crippen LogP contribution is 2.29. The maximum atomic E-state index is 12.7. The lowest BCUT2D eigenvalue weighted by Gasteiger charge is -2.12. The van der Waals surface area contributed by atoms with E-state index in [-0.39, 0.29) is 5.56 Å². The Morgan fingerprint density at radius 2 is 1.81 bits per heavy atom. The minimum Gasteiger partial charge on any atom is -0.497 e. The molecule has 0 atom stereocenters. The molecule has 2 aromatic carbocycles. The van der Waals surface area contributed by atoms with Crippen LogP contribution in [0.1, 0.15) is 23.6 Å². The van der Waals surface area contributed by atoms with E-state index < -0.39 is 5.56 Å². The number of hydrogen-bond acceptors (Lipinski definition) is 5. The van der Waals surface area contributed by atoms with Crippen LogP contribution in [0.25, 0.3) is 5.69 Å². The Morgan fingerprint density at radius 1 is 1.15 bits per heavy atom. The van der Waals surface area contributed by atoms with Crippen LogP contribution >= 0.6 is 11.8 Å². The molecule has 1 aromatic heterocycles.